The first-order valence-corrected chi connectivity index (χ1v) is 11.6. The van der Waals surface area contributed by atoms with Crippen molar-refractivity contribution < 1.29 is 4.79 Å². The summed E-state index contributed by atoms with van der Waals surface area (Å²) in [6, 6.07) is 11.5. The molecule has 1 fully saturated rings. The second-order valence-electron chi connectivity index (χ2n) is 8.94. The van der Waals surface area contributed by atoms with Crippen molar-refractivity contribution >= 4 is 17.3 Å². The molecule has 0 bridgehead atoms. The number of carbonyl (C=O) groups is 1. The minimum Gasteiger partial charge on any atom is -0.399 e. The van der Waals surface area contributed by atoms with Gasteiger partial charge in [-0.15, -0.1) is 0 Å². The Hall–Kier alpha value is -2.49. The van der Waals surface area contributed by atoms with Crippen LogP contribution in [0.5, 0.6) is 0 Å². The van der Waals surface area contributed by atoms with Gasteiger partial charge in [0.25, 0.3) is 0 Å². The topological polar surface area (TPSA) is 95.1 Å². The number of carbonyl (C=O) groups excluding carboxylic acids is 1. The van der Waals surface area contributed by atoms with Gasteiger partial charge in [-0.25, -0.2) is 0 Å². The first kappa shape index (κ1) is 22.2. The fraction of sp³-hybridized carbons (Fsp3) is 0.500. The molecule has 0 atom stereocenters. The molecule has 6 N–H and O–H groups in total. The summed E-state index contributed by atoms with van der Waals surface area (Å²) in [6.45, 7) is 2.27. The Morgan fingerprint density at radius 2 is 1.63 bits per heavy atom. The summed E-state index contributed by atoms with van der Waals surface area (Å²) in [5.74, 6) is 0.983. The maximum atomic E-state index is 12.0. The Labute approximate surface area is 181 Å². The first-order valence-electron chi connectivity index (χ1n) is 11.6. The zero-order valence-corrected chi connectivity index (χ0v) is 18.3. The molecule has 0 heterocycles. The highest BCUT2D eigenvalue weighted by atomic mass is 16.1. The highest BCUT2D eigenvalue weighted by Gasteiger charge is 2.23. The molecule has 1 aliphatic carbocycles. The molecule has 0 saturated heterocycles. The second kappa shape index (κ2) is 10.5. The van der Waals surface area contributed by atoms with Gasteiger partial charge in [-0.1, -0.05) is 57.6 Å². The minimum atomic E-state index is -0.431. The highest BCUT2D eigenvalue weighted by molar-refractivity contribution is 6.01. The predicted octanol–water partition coefficient (Wildman–Crippen LogP) is 6.25. The lowest BCUT2D eigenvalue weighted by molar-refractivity contribution is 0.100. The molecule has 0 radical (unpaired) electrons. The number of primary amides is 1. The van der Waals surface area contributed by atoms with Gasteiger partial charge >= 0.3 is 0 Å². The maximum Gasteiger partial charge on any atom is 0.249 e. The summed E-state index contributed by atoms with van der Waals surface area (Å²) in [5, 5.41) is 0. The van der Waals surface area contributed by atoms with Gasteiger partial charge in [-0.2, -0.15) is 0 Å². The molecule has 162 valence electrons. The molecule has 0 unspecified atom stereocenters. The van der Waals surface area contributed by atoms with Crippen molar-refractivity contribution in [1.82, 2.24) is 0 Å². The fourth-order valence-electron chi connectivity index (χ4n) is 4.90. The van der Waals surface area contributed by atoms with Crippen LogP contribution >= 0.6 is 0 Å². The zero-order chi connectivity index (χ0) is 21.5. The van der Waals surface area contributed by atoms with Crippen molar-refractivity contribution in [2.24, 2.45) is 11.7 Å². The number of benzene rings is 2. The highest BCUT2D eigenvalue weighted by Crippen LogP contribution is 2.40. The number of amides is 1. The van der Waals surface area contributed by atoms with E-state index in [2.05, 4.69) is 19.1 Å². The Bertz CT molecular complexity index is 853. The largest absolute Gasteiger partial charge is 0.399 e. The lowest BCUT2D eigenvalue weighted by atomic mass is 9.76. The quantitative estimate of drug-likeness (QED) is 0.338. The molecule has 1 amide bonds. The van der Waals surface area contributed by atoms with E-state index in [0.29, 0.717) is 22.9 Å². The van der Waals surface area contributed by atoms with Crippen molar-refractivity contribution in [2.45, 2.75) is 77.0 Å². The molecule has 2 aromatic rings. The summed E-state index contributed by atoms with van der Waals surface area (Å²) in [6.07, 6.45) is 13.2. The minimum absolute atomic E-state index is 0.431. The molecule has 0 spiro atoms. The standard InChI is InChI=1S/C26H37N3O/c1-2-3-4-5-6-7-18-8-10-19(11-9-18)20-12-14-23(26(29)30)24(16-20)22-15-13-21(27)17-25(22)28/h12-19H,2-11,27-28H2,1H3,(H2,29,30)/t18-,19-. The Morgan fingerprint density at radius 1 is 0.900 bits per heavy atom. The van der Waals surface area contributed by atoms with Gasteiger partial charge in [-0.3, -0.25) is 4.79 Å². The normalized spacial score (nSPS) is 19.0. The first-order chi connectivity index (χ1) is 14.5. The third-order valence-corrected chi connectivity index (χ3v) is 6.71. The predicted molar refractivity (Wildman–Crippen MR) is 127 cm³/mol. The van der Waals surface area contributed by atoms with Crippen molar-refractivity contribution in [3.8, 4) is 11.1 Å². The molecular formula is C26H37N3O. The second-order valence-corrected chi connectivity index (χ2v) is 8.94. The summed E-state index contributed by atoms with van der Waals surface area (Å²) < 4.78 is 0. The van der Waals surface area contributed by atoms with Gasteiger partial charge in [-0.05, 0) is 72.9 Å². The molecule has 0 aromatic heterocycles. The van der Waals surface area contributed by atoms with E-state index in [9.17, 15) is 4.79 Å². The van der Waals surface area contributed by atoms with E-state index in [1.807, 2.05) is 18.2 Å². The van der Waals surface area contributed by atoms with Crippen LogP contribution in [0, 0.1) is 5.92 Å². The van der Waals surface area contributed by atoms with Crippen LogP contribution in [0.3, 0.4) is 0 Å². The maximum absolute atomic E-state index is 12.0. The van der Waals surface area contributed by atoms with Crippen molar-refractivity contribution in [3.05, 3.63) is 47.5 Å². The number of anilines is 2. The van der Waals surface area contributed by atoms with Gasteiger partial charge in [0, 0.05) is 22.5 Å². The van der Waals surface area contributed by atoms with E-state index in [-0.39, 0.29) is 0 Å². The van der Waals surface area contributed by atoms with Crippen LogP contribution in [0.2, 0.25) is 0 Å². The van der Waals surface area contributed by atoms with E-state index < -0.39 is 5.91 Å². The van der Waals surface area contributed by atoms with E-state index in [0.717, 1.165) is 17.0 Å². The smallest absolute Gasteiger partial charge is 0.249 e. The molecular weight excluding hydrogens is 370 g/mol. The molecule has 2 aromatic carbocycles. The van der Waals surface area contributed by atoms with E-state index in [4.69, 9.17) is 17.2 Å². The summed E-state index contributed by atoms with van der Waals surface area (Å²) >= 11 is 0. The van der Waals surface area contributed by atoms with Crippen LogP contribution in [-0.2, 0) is 0 Å². The van der Waals surface area contributed by atoms with Gasteiger partial charge in [0.05, 0.1) is 0 Å². The van der Waals surface area contributed by atoms with Crippen LogP contribution in [-0.4, -0.2) is 5.91 Å². The third-order valence-electron chi connectivity index (χ3n) is 6.71. The molecule has 0 aliphatic heterocycles. The average molecular weight is 408 g/mol. The molecule has 1 aliphatic rings. The van der Waals surface area contributed by atoms with Crippen molar-refractivity contribution in [3.63, 3.8) is 0 Å². The molecule has 4 nitrogen and oxygen atoms in total. The van der Waals surface area contributed by atoms with Crippen molar-refractivity contribution in [1.29, 1.82) is 0 Å². The number of hydrogen-bond donors (Lipinski definition) is 3. The van der Waals surface area contributed by atoms with Crippen LogP contribution in [0.25, 0.3) is 11.1 Å². The summed E-state index contributed by atoms with van der Waals surface area (Å²) in [4.78, 5) is 12.0. The number of nitrogen functional groups attached to an aromatic ring is 2. The van der Waals surface area contributed by atoms with Gasteiger partial charge < -0.3 is 17.2 Å². The number of nitrogens with two attached hydrogens (primary N) is 3. The van der Waals surface area contributed by atoms with Gasteiger partial charge in [0.15, 0.2) is 0 Å². The average Bonchev–Trinajstić information content (AvgIpc) is 2.73. The van der Waals surface area contributed by atoms with Crippen LogP contribution in [0.4, 0.5) is 11.4 Å². The van der Waals surface area contributed by atoms with Gasteiger partial charge in [0.1, 0.15) is 0 Å². The number of unbranched alkanes of at least 4 members (excludes halogenated alkanes) is 4. The van der Waals surface area contributed by atoms with Crippen LogP contribution in [0.1, 0.15) is 93.0 Å². The van der Waals surface area contributed by atoms with Gasteiger partial charge in [0.2, 0.25) is 5.91 Å². The number of rotatable bonds is 9. The van der Waals surface area contributed by atoms with E-state index >= 15 is 0 Å². The Kier molecular flexibility index (Phi) is 7.78. The Balaban J connectivity index is 1.70. The van der Waals surface area contributed by atoms with E-state index in [1.165, 1.54) is 69.8 Å². The lowest BCUT2D eigenvalue weighted by Crippen LogP contribution is -2.15. The fourth-order valence-corrected chi connectivity index (χ4v) is 4.90. The number of hydrogen-bond acceptors (Lipinski definition) is 3. The van der Waals surface area contributed by atoms with Crippen molar-refractivity contribution in [2.75, 3.05) is 11.5 Å². The summed E-state index contributed by atoms with van der Waals surface area (Å²) in [5.41, 5.74) is 22.3. The lowest BCUT2D eigenvalue weighted by Gasteiger charge is -2.29. The monoisotopic (exact) mass is 407 g/mol. The van der Waals surface area contributed by atoms with Crippen LogP contribution in [0.15, 0.2) is 36.4 Å². The molecule has 4 heteroatoms. The Morgan fingerprint density at radius 3 is 2.30 bits per heavy atom. The van der Waals surface area contributed by atoms with E-state index in [1.54, 1.807) is 6.07 Å². The molecule has 30 heavy (non-hydrogen) atoms. The van der Waals surface area contributed by atoms with Crippen LogP contribution < -0.4 is 17.2 Å². The molecule has 1 saturated carbocycles. The molecule has 3 rings (SSSR count). The third kappa shape index (κ3) is 5.56. The summed E-state index contributed by atoms with van der Waals surface area (Å²) in [7, 11) is 0. The zero-order valence-electron chi connectivity index (χ0n) is 18.3. The SMILES string of the molecule is CCCCCCC[C@H]1CC[C@H](c2ccc(C(N)=O)c(-c3ccc(N)cc3N)c2)CC1.